The Hall–Kier alpha value is -3.00. The van der Waals surface area contributed by atoms with Gasteiger partial charge in [0, 0.05) is 0 Å². The van der Waals surface area contributed by atoms with Gasteiger partial charge in [0.25, 0.3) is 0 Å². The molecule has 0 spiro atoms. The minimum Gasteiger partial charge on any atom is -0.495 e. The topological polar surface area (TPSA) is 95.1 Å². The summed E-state index contributed by atoms with van der Waals surface area (Å²) in [5.74, 6) is 0.885. The van der Waals surface area contributed by atoms with Gasteiger partial charge in [0.05, 0.1) is 24.2 Å². The number of rotatable bonds is 6. The summed E-state index contributed by atoms with van der Waals surface area (Å²) in [6.45, 7) is 0. The number of ether oxygens (including phenoxy) is 1. The van der Waals surface area contributed by atoms with Crippen molar-refractivity contribution in [1.29, 1.82) is 0 Å². The van der Waals surface area contributed by atoms with Gasteiger partial charge in [0.15, 0.2) is 5.16 Å². The van der Waals surface area contributed by atoms with Crippen molar-refractivity contribution >= 4 is 29.3 Å². The van der Waals surface area contributed by atoms with Crippen LogP contribution in [0.2, 0.25) is 0 Å². The van der Waals surface area contributed by atoms with E-state index in [-0.39, 0.29) is 17.6 Å². The lowest BCUT2D eigenvalue weighted by molar-refractivity contribution is -0.113. The number of para-hydroxylation sites is 3. The number of nitrogens with one attached hydrogen (secondary N) is 1. The van der Waals surface area contributed by atoms with Crippen LogP contribution in [0.5, 0.6) is 5.75 Å². The lowest BCUT2D eigenvalue weighted by Crippen LogP contribution is -2.15. The van der Waals surface area contributed by atoms with Crippen molar-refractivity contribution in [3.63, 3.8) is 0 Å². The molecule has 0 bridgehead atoms. The molecule has 1 aromatic heterocycles. The zero-order valence-electron chi connectivity index (χ0n) is 13.5. The molecule has 2 aromatic carbocycles. The molecule has 0 radical (unpaired) electrons. The summed E-state index contributed by atoms with van der Waals surface area (Å²) in [4.78, 5) is 12.2. The highest BCUT2D eigenvalue weighted by molar-refractivity contribution is 7.99. The summed E-state index contributed by atoms with van der Waals surface area (Å²) in [5, 5.41) is 11.3. The lowest BCUT2D eigenvalue weighted by atomic mass is 10.3. The number of hydrogen-bond donors (Lipinski definition) is 2. The first kappa shape index (κ1) is 16.8. The van der Waals surface area contributed by atoms with E-state index < -0.39 is 0 Å². The number of methoxy groups -OCH3 is 1. The second-order valence-corrected chi connectivity index (χ2v) is 5.99. The molecule has 3 aromatic rings. The normalized spacial score (nSPS) is 10.4. The smallest absolute Gasteiger partial charge is 0.234 e. The van der Waals surface area contributed by atoms with Gasteiger partial charge in [-0.25, -0.2) is 0 Å². The maximum atomic E-state index is 12.2. The number of carbonyl (C=O) groups excluding carboxylic acids is 1. The van der Waals surface area contributed by atoms with E-state index >= 15 is 0 Å². The van der Waals surface area contributed by atoms with Gasteiger partial charge in [-0.15, -0.1) is 10.2 Å². The first-order valence-corrected chi connectivity index (χ1v) is 8.49. The van der Waals surface area contributed by atoms with Crippen LogP contribution in [-0.2, 0) is 4.79 Å². The number of amides is 1. The van der Waals surface area contributed by atoms with Crippen molar-refractivity contribution in [2.45, 2.75) is 5.16 Å². The highest BCUT2D eigenvalue weighted by Crippen LogP contribution is 2.25. The van der Waals surface area contributed by atoms with Crippen molar-refractivity contribution in [3.8, 4) is 11.4 Å². The zero-order valence-corrected chi connectivity index (χ0v) is 14.4. The Labute approximate surface area is 149 Å². The Morgan fingerprint density at radius 2 is 1.88 bits per heavy atom. The lowest BCUT2D eigenvalue weighted by Gasteiger charge is -2.10. The number of thioether (sulfide) groups is 1. The molecule has 0 unspecified atom stereocenters. The predicted molar refractivity (Wildman–Crippen MR) is 98.1 cm³/mol. The molecule has 25 heavy (non-hydrogen) atoms. The highest BCUT2D eigenvalue weighted by atomic mass is 32.2. The summed E-state index contributed by atoms with van der Waals surface area (Å²) in [5.41, 5.74) is 7.37. The number of nitrogens with zero attached hydrogens (tertiary/aromatic N) is 3. The monoisotopic (exact) mass is 355 g/mol. The number of nitrogens with two attached hydrogens (primary N) is 1. The van der Waals surface area contributed by atoms with Crippen LogP contribution in [0.25, 0.3) is 5.69 Å². The van der Waals surface area contributed by atoms with Crippen molar-refractivity contribution in [2.24, 2.45) is 0 Å². The summed E-state index contributed by atoms with van der Waals surface area (Å²) in [6.07, 6.45) is 0. The van der Waals surface area contributed by atoms with Crippen LogP contribution in [0.15, 0.2) is 59.8 Å². The highest BCUT2D eigenvalue weighted by Gasteiger charge is 2.14. The molecule has 0 atom stereocenters. The summed E-state index contributed by atoms with van der Waals surface area (Å²) in [7, 11) is 1.56. The van der Waals surface area contributed by atoms with Gasteiger partial charge < -0.3 is 15.8 Å². The third-order valence-electron chi connectivity index (χ3n) is 3.39. The van der Waals surface area contributed by atoms with E-state index in [9.17, 15) is 4.79 Å². The average Bonchev–Trinajstić information content (AvgIpc) is 3.02. The molecule has 1 heterocycles. The van der Waals surface area contributed by atoms with Crippen LogP contribution in [-0.4, -0.2) is 33.5 Å². The second kappa shape index (κ2) is 7.71. The number of anilines is 2. The van der Waals surface area contributed by atoms with Gasteiger partial charge in [0.1, 0.15) is 5.75 Å². The molecule has 8 heteroatoms. The molecule has 3 rings (SSSR count). The number of carbonyl (C=O) groups is 1. The number of aromatic nitrogens is 3. The molecular formula is C17H17N5O2S. The van der Waals surface area contributed by atoms with Crippen molar-refractivity contribution in [3.05, 3.63) is 54.6 Å². The fourth-order valence-electron chi connectivity index (χ4n) is 2.26. The van der Waals surface area contributed by atoms with Gasteiger partial charge in [-0.05, 0) is 24.3 Å². The van der Waals surface area contributed by atoms with E-state index in [4.69, 9.17) is 10.5 Å². The predicted octanol–water partition coefficient (Wildman–Crippen LogP) is 2.59. The average molecular weight is 355 g/mol. The van der Waals surface area contributed by atoms with E-state index in [0.29, 0.717) is 16.6 Å². The summed E-state index contributed by atoms with van der Waals surface area (Å²) in [6, 6.07) is 16.8. The Balaban J connectivity index is 1.69. The van der Waals surface area contributed by atoms with Gasteiger partial charge in [-0.2, -0.15) is 0 Å². The molecule has 7 nitrogen and oxygen atoms in total. The zero-order chi connectivity index (χ0) is 17.6. The molecule has 0 fully saturated rings. The van der Waals surface area contributed by atoms with Crippen LogP contribution in [0, 0.1) is 0 Å². The molecule has 0 saturated carbocycles. The standard InChI is InChI=1S/C17H17N5O2S/c1-24-14-10-6-5-9-13(14)19-15(23)11-25-17-21-20-16(18)22(17)12-7-3-2-4-8-12/h2-10H,11H2,1H3,(H2,18,20)(H,19,23). The SMILES string of the molecule is COc1ccccc1NC(=O)CSc1nnc(N)n1-c1ccccc1. The fraction of sp³-hybridized carbons (Fsp3) is 0.118. The minimum absolute atomic E-state index is 0.170. The van der Waals surface area contributed by atoms with Crippen LogP contribution in [0.3, 0.4) is 0 Å². The molecule has 0 aliphatic carbocycles. The maximum Gasteiger partial charge on any atom is 0.234 e. The quantitative estimate of drug-likeness (QED) is 0.660. The van der Waals surface area contributed by atoms with Gasteiger partial charge in [-0.3, -0.25) is 9.36 Å². The second-order valence-electron chi connectivity index (χ2n) is 5.05. The minimum atomic E-state index is -0.171. The number of benzene rings is 2. The molecule has 3 N–H and O–H groups in total. The number of nitrogen functional groups attached to an aromatic ring is 1. The molecular weight excluding hydrogens is 338 g/mol. The maximum absolute atomic E-state index is 12.2. The molecule has 1 amide bonds. The van der Waals surface area contributed by atoms with Gasteiger partial charge in [-0.1, -0.05) is 42.1 Å². The van der Waals surface area contributed by atoms with E-state index in [0.717, 1.165) is 5.69 Å². The molecule has 0 aliphatic heterocycles. The Morgan fingerprint density at radius 1 is 1.16 bits per heavy atom. The van der Waals surface area contributed by atoms with Crippen LogP contribution in [0.1, 0.15) is 0 Å². The largest absolute Gasteiger partial charge is 0.495 e. The molecule has 0 saturated heterocycles. The van der Waals surface area contributed by atoms with Gasteiger partial charge >= 0.3 is 0 Å². The van der Waals surface area contributed by atoms with Crippen LogP contribution in [0.4, 0.5) is 11.6 Å². The van der Waals surface area contributed by atoms with E-state index in [1.54, 1.807) is 23.8 Å². The summed E-state index contributed by atoms with van der Waals surface area (Å²) < 4.78 is 6.93. The van der Waals surface area contributed by atoms with Gasteiger partial charge in [0.2, 0.25) is 11.9 Å². The Kier molecular flexibility index (Phi) is 5.20. The molecule has 128 valence electrons. The summed E-state index contributed by atoms with van der Waals surface area (Å²) >= 11 is 1.26. The Morgan fingerprint density at radius 3 is 2.64 bits per heavy atom. The number of hydrogen-bond acceptors (Lipinski definition) is 6. The van der Waals surface area contributed by atoms with E-state index in [2.05, 4.69) is 15.5 Å². The third kappa shape index (κ3) is 3.92. The first-order chi connectivity index (χ1) is 12.2. The van der Waals surface area contributed by atoms with E-state index in [1.807, 2.05) is 42.5 Å². The fourth-order valence-corrected chi connectivity index (χ4v) is 3.02. The van der Waals surface area contributed by atoms with Crippen molar-refractivity contribution in [1.82, 2.24) is 14.8 Å². The van der Waals surface area contributed by atoms with E-state index in [1.165, 1.54) is 11.8 Å². The molecule has 0 aliphatic rings. The van der Waals surface area contributed by atoms with Crippen molar-refractivity contribution < 1.29 is 9.53 Å². The third-order valence-corrected chi connectivity index (χ3v) is 4.32. The Bertz CT molecular complexity index is 866. The van der Waals surface area contributed by atoms with Crippen molar-refractivity contribution in [2.75, 3.05) is 23.9 Å². The van der Waals surface area contributed by atoms with Crippen LogP contribution < -0.4 is 15.8 Å². The van der Waals surface area contributed by atoms with Crippen LogP contribution >= 0.6 is 11.8 Å². The first-order valence-electron chi connectivity index (χ1n) is 7.51.